The number of benzene rings is 3. The van der Waals surface area contributed by atoms with E-state index in [9.17, 15) is 14.8 Å². The first-order chi connectivity index (χ1) is 17.5. The summed E-state index contributed by atoms with van der Waals surface area (Å²) in [5.74, 6) is 0.566. The highest BCUT2D eigenvalue weighted by molar-refractivity contribution is 5.96. The van der Waals surface area contributed by atoms with Crippen molar-refractivity contribution in [2.45, 2.75) is 18.8 Å². The van der Waals surface area contributed by atoms with Gasteiger partial charge >= 0.3 is 0 Å². The molecule has 180 valence electrons. The van der Waals surface area contributed by atoms with Crippen molar-refractivity contribution in [1.82, 2.24) is 14.5 Å². The van der Waals surface area contributed by atoms with Crippen molar-refractivity contribution in [2.75, 3.05) is 25.5 Å². The van der Waals surface area contributed by atoms with Gasteiger partial charge in [0, 0.05) is 24.7 Å². The molecule has 2 atom stereocenters. The zero-order valence-corrected chi connectivity index (χ0v) is 19.6. The summed E-state index contributed by atoms with van der Waals surface area (Å²) in [5, 5.41) is 22.6. The molecule has 6 rings (SSSR count). The van der Waals surface area contributed by atoms with Crippen molar-refractivity contribution in [1.29, 1.82) is 5.26 Å². The van der Waals surface area contributed by atoms with Gasteiger partial charge in [0.2, 0.25) is 5.95 Å². The van der Waals surface area contributed by atoms with E-state index >= 15 is 0 Å². The number of fused-ring (bicyclic) bond motifs is 3. The number of likely N-dealkylation sites (N-methyl/N-ethyl adjacent to an activating group) is 1. The van der Waals surface area contributed by atoms with Gasteiger partial charge in [-0.2, -0.15) is 5.26 Å². The van der Waals surface area contributed by atoms with Crippen LogP contribution in [0.3, 0.4) is 0 Å². The molecule has 1 aromatic heterocycles. The van der Waals surface area contributed by atoms with Crippen LogP contribution in [0.1, 0.15) is 28.3 Å². The number of hydrogen-bond donors (Lipinski definition) is 2. The van der Waals surface area contributed by atoms with Gasteiger partial charge in [-0.15, -0.1) is 0 Å². The van der Waals surface area contributed by atoms with Crippen LogP contribution in [0, 0.1) is 17.3 Å². The van der Waals surface area contributed by atoms with Crippen molar-refractivity contribution >= 4 is 28.6 Å². The lowest BCUT2D eigenvalue weighted by molar-refractivity contribution is 0.148. The van der Waals surface area contributed by atoms with Crippen molar-refractivity contribution in [3.05, 3.63) is 88.7 Å². The van der Waals surface area contributed by atoms with Crippen LogP contribution in [0.4, 0.5) is 10.3 Å². The first kappa shape index (κ1) is 22.3. The molecule has 0 radical (unpaired) electrons. The Labute approximate surface area is 207 Å². The van der Waals surface area contributed by atoms with E-state index in [-0.39, 0.29) is 11.9 Å². The number of anilines is 1. The second kappa shape index (κ2) is 8.79. The predicted molar refractivity (Wildman–Crippen MR) is 136 cm³/mol. The first-order valence-corrected chi connectivity index (χ1v) is 11.8. The lowest BCUT2D eigenvalue weighted by Gasteiger charge is -2.18. The van der Waals surface area contributed by atoms with Crippen LogP contribution in [0.25, 0.3) is 22.7 Å². The van der Waals surface area contributed by atoms with Gasteiger partial charge in [0.05, 0.1) is 23.2 Å². The van der Waals surface area contributed by atoms with Crippen LogP contribution in [-0.2, 0) is 6.61 Å². The number of hydrogen-bond acceptors (Lipinski definition) is 6. The molecule has 8 heteroatoms. The van der Waals surface area contributed by atoms with Crippen LogP contribution >= 0.6 is 0 Å². The van der Waals surface area contributed by atoms with E-state index in [2.05, 4.69) is 21.3 Å². The summed E-state index contributed by atoms with van der Waals surface area (Å²) in [5.41, 5.74) is 6.24. The van der Waals surface area contributed by atoms with E-state index in [1.54, 1.807) is 6.07 Å². The molecule has 36 heavy (non-hydrogen) atoms. The normalized spacial score (nSPS) is 20.4. The number of rotatable bonds is 3. The summed E-state index contributed by atoms with van der Waals surface area (Å²) < 4.78 is 21.9. The molecule has 2 N–H and O–H groups in total. The number of imidazole rings is 1. The number of ether oxygens (including phenoxy) is 1. The highest BCUT2D eigenvalue weighted by Gasteiger charge is 2.33. The molecule has 1 saturated heterocycles. The standard InChI is InChI=1S/C28H24FN5O2/c1-33-13-25(26(35)14-33)34-24-9-6-17(11-23(24)32-28(34)31-16-30)10-22-20-5-3-2-4-18(20)15-36-27-12-19(29)7-8-21(22)27/h2-12,25-26,35H,13-15H2,1H3,(H,31,32)/b22-10+. The number of aromatic nitrogens is 2. The maximum Gasteiger partial charge on any atom is 0.217 e. The second-order valence-corrected chi connectivity index (χ2v) is 9.29. The van der Waals surface area contributed by atoms with Crippen molar-refractivity contribution < 1.29 is 14.2 Å². The first-order valence-electron chi connectivity index (χ1n) is 11.8. The van der Waals surface area contributed by atoms with Crippen LogP contribution in [0.5, 0.6) is 5.75 Å². The molecular weight excluding hydrogens is 457 g/mol. The molecule has 3 aromatic carbocycles. The van der Waals surface area contributed by atoms with Crippen LogP contribution in [-0.4, -0.2) is 45.8 Å². The number of halogens is 1. The number of aliphatic hydroxyl groups excluding tert-OH is 1. The van der Waals surface area contributed by atoms with Gasteiger partial charge in [-0.25, -0.2) is 9.37 Å². The number of nitrogens with one attached hydrogen (secondary N) is 1. The van der Waals surface area contributed by atoms with E-state index in [1.165, 1.54) is 12.1 Å². The molecule has 0 spiro atoms. The Hall–Kier alpha value is -4.19. The quantitative estimate of drug-likeness (QED) is 0.333. The zero-order valence-electron chi connectivity index (χ0n) is 19.6. The third-order valence-corrected chi connectivity index (χ3v) is 6.89. The zero-order chi connectivity index (χ0) is 24.8. The number of nitriles is 1. The third-order valence-electron chi connectivity index (χ3n) is 6.89. The Morgan fingerprint density at radius 2 is 2.00 bits per heavy atom. The largest absolute Gasteiger partial charge is 0.488 e. The van der Waals surface area contributed by atoms with Gasteiger partial charge in [-0.1, -0.05) is 30.3 Å². The van der Waals surface area contributed by atoms with Crippen molar-refractivity contribution in [2.24, 2.45) is 0 Å². The molecule has 0 saturated carbocycles. The van der Waals surface area contributed by atoms with E-state index in [0.29, 0.717) is 36.9 Å². The monoisotopic (exact) mass is 481 g/mol. The Bertz CT molecular complexity index is 1550. The van der Waals surface area contributed by atoms with Crippen LogP contribution in [0.2, 0.25) is 0 Å². The fourth-order valence-corrected chi connectivity index (χ4v) is 5.26. The Morgan fingerprint density at radius 1 is 1.14 bits per heavy atom. The fraction of sp³-hybridized carbons (Fsp3) is 0.214. The van der Waals surface area contributed by atoms with E-state index in [1.807, 2.05) is 60.3 Å². The smallest absolute Gasteiger partial charge is 0.217 e. The minimum Gasteiger partial charge on any atom is -0.488 e. The second-order valence-electron chi connectivity index (χ2n) is 9.29. The molecule has 1 fully saturated rings. The lowest BCUT2D eigenvalue weighted by Crippen LogP contribution is -2.23. The number of aliphatic hydroxyl groups is 1. The average molecular weight is 482 g/mol. The van der Waals surface area contributed by atoms with E-state index < -0.39 is 6.10 Å². The average Bonchev–Trinajstić information content (AvgIpc) is 3.34. The van der Waals surface area contributed by atoms with Gasteiger partial charge in [-0.05, 0) is 59.7 Å². The van der Waals surface area contributed by atoms with Crippen LogP contribution < -0.4 is 10.1 Å². The maximum absolute atomic E-state index is 14.0. The minimum atomic E-state index is -0.562. The van der Waals surface area contributed by atoms with E-state index in [4.69, 9.17) is 4.74 Å². The number of likely N-dealkylation sites (tertiary alicyclic amines) is 1. The Balaban J connectivity index is 1.50. The minimum absolute atomic E-state index is 0.215. The van der Waals surface area contributed by atoms with Gasteiger partial charge in [0.1, 0.15) is 18.2 Å². The SMILES string of the molecule is CN1CC(O)C(n2c(NC#N)nc3cc(/C=C4\c5ccccc5COc5cc(F)ccc54)ccc32)C1. The molecule has 0 amide bonds. The predicted octanol–water partition coefficient (Wildman–Crippen LogP) is 4.40. The summed E-state index contributed by atoms with van der Waals surface area (Å²) in [6, 6.07) is 18.3. The van der Waals surface area contributed by atoms with Crippen LogP contribution in [0.15, 0.2) is 60.7 Å². The molecule has 0 aliphatic carbocycles. The summed E-state index contributed by atoms with van der Waals surface area (Å²) in [6.07, 6.45) is 3.46. The van der Waals surface area contributed by atoms with Gasteiger partial charge in [0.25, 0.3) is 0 Å². The maximum atomic E-state index is 14.0. The summed E-state index contributed by atoms with van der Waals surface area (Å²) in [7, 11) is 1.96. The molecule has 2 unspecified atom stereocenters. The molecule has 0 bridgehead atoms. The molecular formula is C28H24FN5O2. The summed E-state index contributed by atoms with van der Waals surface area (Å²) in [4.78, 5) is 6.73. The van der Waals surface area contributed by atoms with Crippen molar-refractivity contribution in [3.8, 4) is 11.9 Å². The topological polar surface area (TPSA) is 86.3 Å². The molecule has 4 aromatic rings. The molecule has 3 heterocycles. The number of β-amino-alcohol motifs (C(OH)–C–C–N with tert-alkyl or cyclic N) is 1. The summed E-state index contributed by atoms with van der Waals surface area (Å²) >= 11 is 0. The highest BCUT2D eigenvalue weighted by Crippen LogP contribution is 2.39. The Morgan fingerprint density at radius 3 is 2.81 bits per heavy atom. The Kier molecular flexibility index (Phi) is 5.44. The molecule has 7 nitrogen and oxygen atoms in total. The van der Waals surface area contributed by atoms with E-state index in [0.717, 1.165) is 33.3 Å². The third kappa shape index (κ3) is 3.79. The van der Waals surface area contributed by atoms with Gasteiger partial charge in [-0.3, -0.25) is 5.32 Å². The number of nitrogens with zero attached hydrogens (tertiary/aromatic N) is 4. The van der Waals surface area contributed by atoms with Gasteiger partial charge in [0.15, 0.2) is 6.19 Å². The summed E-state index contributed by atoms with van der Waals surface area (Å²) in [6.45, 7) is 1.57. The fourth-order valence-electron chi connectivity index (χ4n) is 5.26. The lowest BCUT2D eigenvalue weighted by atomic mass is 9.92. The van der Waals surface area contributed by atoms with Crippen molar-refractivity contribution in [3.63, 3.8) is 0 Å². The molecule has 2 aliphatic rings. The highest BCUT2D eigenvalue weighted by atomic mass is 19.1. The van der Waals surface area contributed by atoms with Gasteiger partial charge < -0.3 is 19.3 Å². The molecule has 2 aliphatic heterocycles.